The molecule has 1 atom stereocenters. The monoisotopic (exact) mass is 478 g/mol. The van der Waals surface area contributed by atoms with Gasteiger partial charge in [0.15, 0.2) is 11.5 Å². The van der Waals surface area contributed by atoms with Crippen LogP contribution >= 0.6 is 0 Å². The number of hydrogen-bond acceptors (Lipinski definition) is 4. The Labute approximate surface area is 205 Å². The van der Waals surface area contributed by atoms with E-state index in [1.807, 2.05) is 42.5 Å². The molecule has 0 aliphatic rings. The predicted molar refractivity (Wildman–Crippen MR) is 133 cm³/mol. The molecule has 3 rings (SSSR count). The molecule has 184 valence electrons. The summed E-state index contributed by atoms with van der Waals surface area (Å²) in [7, 11) is 4.69. The van der Waals surface area contributed by atoms with E-state index in [2.05, 4.69) is 5.32 Å². The van der Waals surface area contributed by atoms with Gasteiger partial charge in [-0.1, -0.05) is 48.5 Å². The highest BCUT2D eigenvalue weighted by molar-refractivity contribution is 5.88. The van der Waals surface area contributed by atoms with Crippen LogP contribution in [0, 0.1) is 5.82 Å². The maximum atomic E-state index is 13.5. The molecule has 7 heteroatoms. The van der Waals surface area contributed by atoms with E-state index in [9.17, 15) is 14.0 Å². The first-order chi connectivity index (χ1) is 16.9. The SMILES string of the molecule is CNC(=O)C(Cc1ccccc1)N(Cc1ccc(F)cc1)C(=O)CCc1ccc(OC)c(OC)c1. The molecule has 35 heavy (non-hydrogen) atoms. The first-order valence-electron chi connectivity index (χ1n) is 11.5. The summed E-state index contributed by atoms with van der Waals surface area (Å²) in [5.74, 6) is 0.423. The molecular weight excluding hydrogens is 447 g/mol. The Bertz CT molecular complexity index is 1120. The topological polar surface area (TPSA) is 67.9 Å². The van der Waals surface area contributed by atoms with Crippen LogP contribution in [0.25, 0.3) is 0 Å². The van der Waals surface area contributed by atoms with Gasteiger partial charge in [0.1, 0.15) is 11.9 Å². The molecule has 1 unspecified atom stereocenters. The number of nitrogens with zero attached hydrogens (tertiary/aromatic N) is 1. The van der Waals surface area contributed by atoms with Crippen LogP contribution in [0.15, 0.2) is 72.8 Å². The molecule has 0 fully saturated rings. The predicted octanol–water partition coefficient (Wildman–Crippen LogP) is 4.16. The molecule has 2 amide bonds. The number of hydrogen-bond donors (Lipinski definition) is 1. The molecule has 3 aromatic rings. The lowest BCUT2D eigenvalue weighted by molar-refractivity contribution is -0.141. The first-order valence-corrected chi connectivity index (χ1v) is 11.5. The van der Waals surface area contributed by atoms with E-state index < -0.39 is 6.04 Å². The molecular formula is C28H31FN2O4. The van der Waals surface area contributed by atoms with Crippen molar-refractivity contribution in [1.29, 1.82) is 0 Å². The average molecular weight is 479 g/mol. The number of methoxy groups -OCH3 is 2. The molecule has 0 spiro atoms. The standard InChI is InChI=1S/C28H31FN2O4/c1-30-28(33)24(17-20-7-5-4-6-8-20)31(19-22-9-13-23(29)14-10-22)27(32)16-12-21-11-15-25(34-2)26(18-21)35-3/h4-11,13-15,18,24H,12,16-17,19H2,1-3H3,(H,30,33). The Kier molecular flexibility index (Phi) is 9.23. The van der Waals surface area contributed by atoms with Crippen LogP contribution in [-0.2, 0) is 29.0 Å². The maximum Gasteiger partial charge on any atom is 0.242 e. The number of carbonyl (C=O) groups is 2. The normalized spacial score (nSPS) is 11.4. The highest BCUT2D eigenvalue weighted by Crippen LogP contribution is 2.28. The van der Waals surface area contributed by atoms with Crippen LogP contribution < -0.4 is 14.8 Å². The van der Waals surface area contributed by atoms with Gasteiger partial charge < -0.3 is 19.7 Å². The molecule has 1 N–H and O–H groups in total. The van der Waals surface area contributed by atoms with Crippen LogP contribution in [0.4, 0.5) is 4.39 Å². The third-order valence-electron chi connectivity index (χ3n) is 5.86. The Morgan fingerprint density at radius 2 is 1.54 bits per heavy atom. The summed E-state index contributed by atoms with van der Waals surface area (Å²) >= 11 is 0. The fourth-order valence-electron chi connectivity index (χ4n) is 3.94. The first kappa shape index (κ1) is 25.7. The zero-order chi connectivity index (χ0) is 25.2. The van der Waals surface area contributed by atoms with Crippen LogP contribution in [0.1, 0.15) is 23.1 Å². The van der Waals surface area contributed by atoms with Gasteiger partial charge in [-0.15, -0.1) is 0 Å². The van der Waals surface area contributed by atoms with Crippen molar-refractivity contribution in [3.05, 3.63) is 95.3 Å². The summed E-state index contributed by atoms with van der Waals surface area (Å²) < 4.78 is 24.1. The lowest BCUT2D eigenvalue weighted by Gasteiger charge is -2.31. The molecule has 0 aliphatic heterocycles. The van der Waals surface area contributed by atoms with Gasteiger partial charge in [0, 0.05) is 26.4 Å². The molecule has 3 aromatic carbocycles. The second-order valence-corrected chi connectivity index (χ2v) is 8.16. The number of amides is 2. The lowest BCUT2D eigenvalue weighted by Crippen LogP contribution is -2.49. The summed E-state index contributed by atoms with van der Waals surface area (Å²) in [6, 6.07) is 20.4. The minimum atomic E-state index is -0.717. The number of ether oxygens (including phenoxy) is 2. The number of benzene rings is 3. The fourth-order valence-corrected chi connectivity index (χ4v) is 3.94. The average Bonchev–Trinajstić information content (AvgIpc) is 2.90. The van der Waals surface area contributed by atoms with Crippen molar-refractivity contribution >= 4 is 11.8 Å². The van der Waals surface area contributed by atoms with Gasteiger partial charge >= 0.3 is 0 Å². The van der Waals surface area contributed by atoms with Gasteiger partial charge in [0.2, 0.25) is 11.8 Å². The minimum Gasteiger partial charge on any atom is -0.493 e. The zero-order valence-corrected chi connectivity index (χ0v) is 20.3. The van der Waals surface area contributed by atoms with Crippen molar-refractivity contribution < 1.29 is 23.5 Å². The van der Waals surface area contributed by atoms with Crippen LogP contribution in [-0.4, -0.2) is 44.0 Å². The summed E-state index contributed by atoms with van der Waals surface area (Å²) in [6.45, 7) is 0.190. The molecule has 0 radical (unpaired) electrons. The third-order valence-corrected chi connectivity index (χ3v) is 5.86. The zero-order valence-electron chi connectivity index (χ0n) is 20.3. The number of rotatable bonds is 11. The molecule has 0 bridgehead atoms. The van der Waals surface area contributed by atoms with Crippen LogP contribution in [0.3, 0.4) is 0 Å². The van der Waals surface area contributed by atoms with E-state index in [1.54, 1.807) is 44.4 Å². The molecule has 0 aliphatic carbocycles. The summed E-state index contributed by atoms with van der Waals surface area (Å²) in [4.78, 5) is 28.1. The van der Waals surface area contributed by atoms with Crippen molar-refractivity contribution in [2.75, 3.05) is 21.3 Å². The molecule has 6 nitrogen and oxygen atoms in total. The molecule has 0 heterocycles. The van der Waals surface area contributed by atoms with E-state index in [0.29, 0.717) is 24.3 Å². The largest absolute Gasteiger partial charge is 0.493 e. The van der Waals surface area contributed by atoms with E-state index in [1.165, 1.54) is 12.1 Å². The molecule has 0 aromatic heterocycles. The van der Waals surface area contributed by atoms with Crippen molar-refractivity contribution in [2.24, 2.45) is 0 Å². The Morgan fingerprint density at radius 1 is 0.886 bits per heavy atom. The quantitative estimate of drug-likeness (QED) is 0.449. The van der Waals surface area contributed by atoms with Gasteiger partial charge in [0.05, 0.1) is 14.2 Å². The second-order valence-electron chi connectivity index (χ2n) is 8.16. The lowest BCUT2D eigenvalue weighted by atomic mass is 10.0. The highest BCUT2D eigenvalue weighted by atomic mass is 19.1. The van der Waals surface area contributed by atoms with Crippen molar-refractivity contribution in [3.63, 3.8) is 0 Å². The summed E-state index contributed by atoms with van der Waals surface area (Å²) in [5.41, 5.74) is 2.60. The summed E-state index contributed by atoms with van der Waals surface area (Å²) in [6.07, 6.45) is 1.02. The second kappa shape index (κ2) is 12.6. The number of carbonyl (C=O) groups excluding carboxylic acids is 2. The van der Waals surface area contributed by atoms with Gasteiger partial charge in [-0.05, 0) is 47.4 Å². The molecule has 0 saturated heterocycles. The Balaban J connectivity index is 1.86. The maximum absolute atomic E-state index is 13.5. The number of aryl methyl sites for hydroxylation is 1. The number of halogens is 1. The summed E-state index contributed by atoms with van der Waals surface area (Å²) in [5, 5.41) is 2.69. The smallest absolute Gasteiger partial charge is 0.242 e. The van der Waals surface area contributed by atoms with Crippen molar-refractivity contribution in [3.8, 4) is 11.5 Å². The van der Waals surface area contributed by atoms with Gasteiger partial charge in [0.25, 0.3) is 0 Å². The van der Waals surface area contributed by atoms with Crippen LogP contribution in [0.2, 0.25) is 0 Å². The van der Waals surface area contributed by atoms with Gasteiger partial charge in [-0.2, -0.15) is 0 Å². The van der Waals surface area contributed by atoms with E-state index >= 15 is 0 Å². The molecule has 0 saturated carbocycles. The third kappa shape index (κ3) is 7.06. The Hall–Kier alpha value is -3.87. The van der Waals surface area contributed by atoms with E-state index in [-0.39, 0.29) is 30.6 Å². The number of nitrogens with one attached hydrogen (secondary N) is 1. The van der Waals surface area contributed by atoms with Crippen molar-refractivity contribution in [2.45, 2.75) is 31.8 Å². The van der Waals surface area contributed by atoms with Gasteiger partial charge in [-0.3, -0.25) is 9.59 Å². The van der Waals surface area contributed by atoms with Crippen molar-refractivity contribution in [1.82, 2.24) is 10.2 Å². The highest BCUT2D eigenvalue weighted by Gasteiger charge is 2.29. The van der Waals surface area contributed by atoms with Gasteiger partial charge in [-0.25, -0.2) is 4.39 Å². The fraction of sp³-hybridized carbons (Fsp3) is 0.286. The van der Waals surface area contributed by atoms with E-state index in [4.69, 9.17) is 9.47 Å². The number of likely N-dealkylation sites (N-methyl/N-ethyl adjacent to an activating group) is 1. The minimum absolute atomic E-state index is 0.173. The van der Waals surface area contributed by atoms with Crippen LogP contribution in [0.5, 0.6) is 11.5 Å². The Morgan fingerprint density at radius 3 is 2.17 bits per heavy atom. The van der Waals surface area contributed by atoms with E-state index in [0.717, 1.165) is 16.7 Å².